The molecule has 0 radical (unpaired) electrons. The number of methoxy groups -OCH3 is 1. The van der Waals surface area contributed by atoms with Crippen LogP contribution in [0.3, 0.4) is 0 Å². The smallest absolute Gasteiger partial charge is 0.305 e. The van der Waals surface area contributed by atoms with Gasteiger partial charge >= 0.3 is 5.97 Å². The van der Waals surface area contributed by atoms with E-state index in [1.807, 2.05) is 0 Å². The van der Waals surface area contributed by atoms with E-state index in [0.29, 0.717) is 5.56 Å². The van der Waals surface area contributed by atoms with Crippen LogP contribution in [0.5, 0.6) is 11.5 Å². The molecule has 2 rings (SSSR count). The fraction of sp³-hybridized carbons (Fsp3) is 0.562. The van der Waals surface area contributed by atoms with Crippen LogP contribution in [0.25, 0.3) is 0 Å². The standard InChI is InChI=1S/C16H22O9/c1-23-12(19)5-3-8-2-4-9(18)6-10(8)24-16-15(22)14(21)13(20)11(7-17)25-16/h2,4,6,11,13-18,20-22H,3,5,7H2,1H3/t11-,13-,14+,15-,16-/m1/s1. The van der Waals surface area contributed by atoms with Gasteiger partial charge in [-0.2, -0.15) is 0 Å². The zero-order valence-corrected chi connectivity index (χ0v) is 13.6. The molecule has 0 bridgehead atoms. The molecule has 25 heavy (non-hydrogen) atoms. The molecule has 0 amide bonds. The van der Waals surface area contributed by atoms with Crippen molar-refractivity contribution in [2.24, 2.45) is 0 Å². The highest BCUT2D eigenvalue weighted by Crippen LogP contribution is 2.30. The Morgan fingerprint density at radius 3 is 2.56 bits per heavy atom. The number of carbonyl (C=O) groups excluding carboxylic acids is 1. The molecule has 0 saturated carbocycles. The van der Waals surface area contributed by atoms with Gasteiger partial charge in [0.05, 0.1) is 13.7 Å². The molecule has 1 aromatic rings. The lowest BCUT2D eigenvalue weighted by Crippen LogP contribution is -2.60. The van der Waals surface area contributed by atoms with Gasteiger partial charge < -0.3 is 39.7 Å². The summed E-state index contributed by atoms with van der Waals surface area (Å²) in [5.74, 6) is -0.401. The molecule has 1 heterocycles. The molecule has 9 heteroatoms. The lowest BCUT2D eigenvalue weighted by molar-refractivity contribution is -0.277. The van der Waals surface area contributed by atoms with E-state index in [2.05, 4.69) is 4.74 Å². The van der Waals surface area contributed by atoms with E-state index in [0.717, 1.165) is 0 Å². The van der Waals surface area contributed by atoms with Gasteiger partial charge in [-0.25, -0.2) is 0 Å². The number of rotatable bonds is 6. The summed E-state index contributed by atoms with van der Waals surface area (Å²) in [6.07, 6.45) is -6.82. The summed E-state index contributed by atoms with van der Waals surface area (Å²) in [7, 11) is 1.27. The van der Waals surface area contributed by atoms with Crippen molar-refractivity contribution in [3.63, 3.8) is 0 Å². The van der Waals surface area contributed by atoms with Gasteiger partial charge in [-0.1, -0.05) is 6.07 Å². The third-order valence-electron chi connectivity index (χ3n) is 3.97. The minimum atomic E-state index is -1.58. The molecule has 0 aromatic heterocycles. The number of carbonyl (C=O) groups is 1. The van der Waals surface area contributed by atoms with Crippen molar-refractivity contribution in [2.45, 2.75) is 43.5 Å². The van der Waals surface area contributed by atoms with E-state index in [1.165, 1.54) is 25.3 Å². The molecule has 5 N–H and O–H groups in total. The third-order valence-corrected chi connectivity index (χ3v) is 3.97. The summed E-state index contributed by atoms with van der Waals surface area (Å²) in [6, 6.07) is 4.22. The highest BCUT2D eigenvalue weighted by molar-refractivity contribution is 5.69. The maximum absolute atomic E-state index is 11.3. The van der Waals surface area contributed by atoms with E-state index >= 15 is 0 Å². The molecule has 140 valence electrons. The van der Waals surface area contributed by atoms with Crippen molar-refractivity contribution in [1.82, 2.24) is 0 Å². The van der Waals surface area contributed by atoms with Crippen LogP contribution >= 0.6 is 0 Å². The third kappa shape index (κ3) is 4.59. The number of hydrogen-bond donors (Lipinski definition) is 5. The quantitative estimate of drug-likeness (QED) is 0.391. The molecule has 1 aliphatic heterocycles. The molecule has 9 nitrogen and oxygen atoms in total. The molecular weight excluding hydrogens is 336 g/mol. The summed E-state index contributed by atoms with van der Waals surface area (Å²) in [5, 5.41) is 48.4. The Labute approximate surface area is 144 Å². The van der Waals surface area contributed by atoms with Crippen LogP contribution in [0, 0.1) is 0 Å². The Kier molecular flexibility index (Phi) is 6.57. The second kappa shape index (κ2) is 8.45. The Hall–Kier alpha value is -1.91. The number of aromatic hydroxyl groups is 1. The number of ether oxygens (including phenoxy) is 3. The predicted molar refractivity (Wildman–Crippen MR) is 82.8 cm³/mol. The number of esters is 1. The summed E-state index contributed by atoms with van der Waals surface area (Å²) < 4.78 is 15.4. The van der Waals surface area contributed by atoms with Crippen molar-refractivity contribution in [3.05, 3.63) is 23.8 Å². The van der Waals surface area contributed by atoms with E-state index < -0.39 is 43.3 Å². The molecule has 1 saturated heterocycles. The average molecular weight is 358 g/mol. The Bertz CT molecular complexity index is 589. The number of benzene rings is 1. The van der Waals surface area contributed by atoms with Gasteiger partial charge in [0.15, 0.2) is 0 Å². The fourth-order valence-electron chi connectivity index (χ4n) is 2.49. The number of aryl methyl sites for hydroxylation is 1. The second-order valence-corrected chi connectivity index (χ2v) is 5.68. The number of phenolic OH excluding ortho intramolecular Hbond substituents is 1. The number of aliphatic hydroxyl groups excluding tert-OH is 4. The maximum Gasteiger partial charge on any atom is 0.305 e. The zero-order valence-electron chi connectivity index (χ0n) is 13.6. The van der Waals surface area contributed by atoms with Gasteiger partial charge in [-0.05, 0) is 18.1 Å². The lowest BCUT2D eigenvalue weighted by Gasteiger charge is -2.39. The molecule has 0 spiro atoms. The Morgan fingerprint density at radius 1 is 1.20 bits per heavy atom. The minimum Gasteiger partial charge on any atom is -0.508 e. The van der Waals surface area contributed by atoms with E-state index in [1.54, 1.807) is 0 Å². The largest absolute Gasteiger partial charge is 0.508 e. The van der Waals surface area contributed by atoms with E-state index in [-0.39, 0.29) is 24.3 Å². The maximum atomic E-state index is 11.3. The number of aliphatic hydroxyl groups is 4. The summed E-state index contributed by atoms with van der Waals surface area (Å²) >= 11 is 0. The van der Waals surface area contributed by atoms with Crippen LogP contribution in [-0.4, -0.2) is 75.9 Å². The lowest BCUT2D eigenvalue weighted by atomic mass is 9.99. The predicted octanol–water partition coefficient (Wildman–Crippen LogP) is -1.32. The molecule has 1 aliphatic rings. The van der Waals surface area contributed by atoms with Crippen LogP contribution in [0.4, 0.5) is 0 Å². The summed E-state index contributed by atoms with van der Waals surface area (Å²) in [6.45, 7) is -0.583. The first-order valence-electron chi connectivity index (χ1n) is 7.73. The Morgan fingerprint density at radius 2 is 1.92 bits per heavy atom. The molecule has 1 fully saturated rings. The first-order chi connectivity index (χ1) is 11.9. The van der Waals surface area contributed by atoms with Gasteiger partial charge in [0, 0.05) is 12.5 Å². The van der Waals surface area contributed by atoms with Gasteiger partial charge in [0.25, 0.3) is 0 Å². The van der Waals surface area contributed by atoms with E-state index in [9.17, 15) is 30.3 Å². The van der Waals surface area contributed by atoms with Crippen LogP contribution in [0.1, 0.15) is 12.0 Å². The minimum absolute atomic E-state index is 0.0757. The number of phenols is 1. The van der Waals surface area contributed by atoms with Crippen molar-refractivity contribution in [3.8, 4) is 11.5 Å². The van der Waals surface area contributed by atoms with Gasteiger partial charge in [-0.3, -0.25) is 4.79 Å². The SMILES string of the molecule is COC(=O)CCc1ccc(O)cc1O[C@@H]1O[C@H](CO)[C@@H](O)[C@H](O)[C@H]1O. The Balaban J connectivity index is 2.17. The van der Waals surface area contributed by atoms with Crippen molar-refractivity contribution < 1.29 is 44.5 Å². The first-order valence-corrected chi connectivity index (χ1v) is 7.73. The topological polar surface area (TPSA) is 146 Å². The van der Waals surface area contributed by atoms with E-state index in [4.69, 9.17) is 9.47 Å². The van der Waals surface area contributed by atoms with Crippen LogP contribution in [0.2, 0.25) is 0 Å². The highest BCUT2D eigenvalue weighted by atomic mass is 16.7. The van der Waals surface area contributed by atoms with Crippen LogP contribution < -0.4 is 4.74 Å². The van der Waals surface area contributed by atoms with Crippen LogP contribution in [0.15, 0.2) is 18.2 Å². The second-order valence-electron chi connectivity index (χ2n) is 5.68. The van der Waals surface area contributed by atoms with Crippen molar-refractivity contribution in [2.75, 3.05) is 13.7 Å². The van der Waals surface area contributed by atoms with Crippen molar-refractivity contribution >= 4 is 5.97 Å². The fourth-order valence-corrected chi connectivity index (χ4v) is 2.49. The highest BCUT2D eigenvalue weighted by Gasteiger charge is 2.44. The molecule has 1 aromatic carbocycles. The summed E-state index contributed by atoms with van der Waals surface area (Å²) in [5.41, 5.74) is 0.542. The number of hydrogen-bond acceptors (Lipinski definition) is 9. The summed E-state index contributed by atoms with van der Waals surface area (Å²) in [4.78, 5) is 11.3. The zero-order chi connectivity index (χ0) is 18.6. The van der Waals surface area contributed by atoms with Gasteiger partial charge in [0.1, 0.15) is 35.9 Å². The molecule has 5 atom stereocenters. The van der Waals surface area contributed by atoms with Crippen LogP contribution in [-0.2, 0) is 20.7 Å². The molecular formula is C16H22O9. The van der Waals surface area contributed by atoms with Gasteiger partial charge in [0.2, 0.25) is 6.29 Å². The molecule has 0 unspecified atom stereocenters. The monoisotopic (exact) mass is 358 g/mol. The van der Waals surface area contributed by atoms with Crippen molar-refractivity contribution in [1.29, 1.82) is 0 Å². The first kappa shape index (κ1) is 19.4. The van der Waals surface area contributed by atoms with Gasteiger partial charge in [-0.15, -0.1) is 0 Å². The normalized spacial score (nSPS) is 29.2. The average Bonchev–Trinajstić information content (AvgIpc) is 2.61. The molecule has 0 aliphatic carbocycles.